The lowest BCUT2D eigenvalue weighted by Gasteiger charge is -2.19. The third-order valence-electron chi connectivity index (χ3n) is 4.72. The first-order valence-electron chi connectivity index (χ1n) is 10.0. The molecule has 0 bridgehead atoms. The van der Waals surface area contributed by atoms with Gasteiger partial charge in [0, 0.05) is 42.5 Å². The highest BCUT2D eigenvalue weighted by atomic mass is 32.2. The fraction of sp³-hybridized carbons (Fsp3) is 0.273. The van der Waals surface area contributed by atoms with Crippen LogP contribution in [0.5, 0.6) is 0 Å². The molecule has 1 atom stereocenters. The van der Waals surface area contributed by atoms with Gasteiger partial charge in [-0.15, -0.1) is 0 Å². The number of thioether (sulfide) groups is 1. The van der Waals surface area contributed by atoms with Crippen LogP contribution in [0.25, 0.3) is 0 Å². The highest BCUT2D eigenvalue weighted by Gasteiger charge is 2.32. The van der Waals surface area contributed by atoms with Crippen LogP contribution in [-0.4, -0.2) is 46.1 Å². The number of carbonyl (C=O) groups excluding carboxylic acids is 3. The van der Waals surface area contributed by atoms with Crippen LogP contribution in [0.1, 0.15) is 30.6 Å². The van der Waals surface area contributed by atoms with Gasteiger partial charge in [-0.25, -0.2) is 8.78 Å². The van der Waals surface area contributed by atoms with Crippen molar-refractivity contribution in [3.05, 3.63) is 59.7 Å². The molecule has 0 fully saturated rings. The van der Waals surface area contributed by atoms with Crippen molar-refractivity contribution in [1.29, 1.82) is 0 Å². The summed E-state index contributed by atoms with van der Waals surface area (Å²) in [4.78, 5) is 43.0. The van der Waals surface area contributed by atoms with E-state index < -0.39 is 22.8 Å². The van der Waals surface area contributed by atoms with E-state index in [9.17, 15) is 23.2 Å². The Morgan fingerprint density at radius 1 is 1.03 bits per heavy atom. The van der Waals surface area contributed by atoms with Gasteiger partial charge < -0.3 is 15.5 Å². The van der Waals surface area contributed by atoms with Gasteiger partial charge in [0.2, 0.25) is 5.91 Å². The number of amides is 3. The third-order valence-corrected chi connectivity index (χ3v) is 5.93. The molecule has 10 heteroatoms. The van der Waals surface area contributed by atoms with E-state index in [1.807, 2.05) is 18.7 Å². The minimum atomic E-state index is -1.07. The van der Waals surface area contributed by atoms with Crippen LogP contribution in [0.2, 0.25) is 0 Å². The molecule has 0 saturated heterocycles. The summed E-state index contributed by atoms with van der Waals surface area (Å²) in [7, 11) is 0. The molecule has 1 unspecified atom stereocenters. The number of anilines is 2. The van der Waals surface area contributed by atoms with Crippen molar-refractivity contribution in [3.63, 3.8) is 0 Å². The molecule has 168 valence electrons. The molecule has 0 radical (unpaired) electrons. The van der Waals surface area contributed by atoms with Crippen molar-refractivity contribution in [2.45, 2.75) is 25.5 Å². The Hall–Kier alpha value is -3.27. The van der Waals surface area contributed by atoms with Crippen LogP contribution in [0.4, 0.5) is 20.2 Å². The Balaban J connectivity index is 1.59. The summed E-state index contributed by atoms with van der Waals surface area (Å²) in [6, 6.07) is 9.19. The van der Waals surface area contributed by atoms with Gasteiger partial charge >= 0.3 is 0 Å². The van der Waals surface area contributed by atoms with Crippen molar-refractivity contribution < 1.29 is 23.2 Å². The predicted octanol–water partition coefficient (Wildman–Crippen LogP) is 3.89. The lowest BCUT2D eigenvalue weighted by molar-refractivity contribution is -0.121. The molecule has 2 aromatic carbocycles. The van der Waals surface area contributed by atoms with Crippen LogP contribution in [0, 0.1) is 11.6 Å². The zero-order chi connectivity index (χ0) is 23.3. The number of hydrogen-bond acceptors (Lipinski definition) is 5. The van der Waals surface area contributed by atoms with E-state index in [-0.39, 0.29) is 29.5 Å². The Labute approximate surface area is 188 Å². The number of aliphatic imine (C=N–C) groups is 1. The number of nitrogens with zero attached hydrogens (tertiary/aromatic N) is 2. The molecule has 1 aliphatic rings. The molecule has 0 saturated carbocycles. The van der Waals surface area contributed by atoms with E-state index in [2.05, 4.69) is 15.6 Å². The molecular weight excluding hydrogens is 438 g/mol. The minimum Gasteiger partial charge on any atom is -0.352 e. The van der Waals surface area contributed by atoms with Crippen LogP contribution in [-0.2, 0) is 9.59 Å². The van der Waals surface area contributed by atoms with E-state index in [0.717, 1.165) is 12.1 Å². The second-order valence-electron chi connectivity index (χ2n) is 6.93. The topological polar surface area (TPSA) is 90.9 Å². The Kier molecular flexibility index (Phi) is 7.57. The minimum absolute atomic E-state index is 0.0525. The van der Waals surface area contributed by atoms with Crippen LogP contribution in [0.3, 0.4) is 0 Å². The van der Waals surface area contributed by atoms with Crippen molar-refractivity contribution in [3.8, 4) is 0 Å². The standard InChI is InChI=1S/C22H22F2N4O3S/c1-3-28(4-2)22-27-21(31)18(32-22)12-19(29)25-14-7-5-6-13(10-14)20(30)26-15-8-9-16(23)17(24)11-15/h5-11,18H,3-4,12H2,1-2H3,(H,25,29)(H,26,30). The van der Waals surface area contributed by atoms with Crippen LogP contribution in [0.15, 0.2) is 47.5 Å². The van der Waals surface area contributed by atoms with Crippen LogP contribution >= 0.6 is 11.8 Å². The summed E-state index contributed by atoms with van der Waals surface area (Å²) >= 11 is 1.27. The lowest BCUT2D eigenvalue weighted by Crippen LogP contribution is -2.27. The van der Waals surface area contributed by atoms with E-state index in [1.54, 1.807) is 12.1 Å². The molecule has 0 aliphatic carbocycles. The van der Waals surface area contributed by atoms with E-state index in [0.29, 0.717) is 23.9 Å². The molecule has 3 amide bonds. The largest absolute Gasteiger partial charge is 0.352 e. The first kappa shape index (κ1) is 23.4. The van der Waals surface area contributed by atoms with Gasteiger partial charge in [0.15, 0.2) is 16.8 Å². The number of carbonyl (C=O) groups is 3. The molecule has 1 aliphatic heterocycles. The van der Waals surface area contributed by atoms with Gasteiger partial charge in [-0.3, -0.25) is 14.4 Å². The number of nitrogens with one attached hydrogen (secondary N) is 2. The van der Waals surface area contributed by atoms with E-state index in [1.165, 1.54) is 30.0 Å². The second kappa shape index (κ2) is 10.4. The lowest BCUT2D eigenvalue weighted by atomic mass is 10.1. The van der Waals surface area contributed by atoms with Crippen molar-refractivity contribution >= 4 is 46.0 Å². The first-order valence-corrected chi connectivity index (χ1v) is 10.9. The van der Waals surface area contributed by atoms with Crippen molar-refractivity contribution in [2.75, 3.05) is 23.7 Å². The molecule has 0 aromatic heterocycles. The molecule has 3 rings (SSSR count). The maximum Gasteiger partial charge on any atom is 0.262 e. The molecule has 1 heterocycles. The summed E-state index contributed by atoms with van der Waals surface area (Å²) < 4.78 is 26.4. The van der Waals surface area contributed by atoms with E-state index >= 15 is 0 Å². The quantitative estimate of drug-likeness (QED) is 0.654. The average Bonchev–Trinajstić information content (AvgIpc) is 3.11. The van der Waals surface area contributed by atoms with Gasteiger partial charge in [0.05, 0.1) is 0 Å². The number of rotatable bonds is 7. The summed E-state index contributed by atoms with van der Waals surface area (Å²) in [6.07, 6.45) is -0.0525. The highest BCUT2D eigenvalue weighted by Crippen LogP contribution is 2.27. The van der Waals surface area contributed by atoms with Crippen LogP contribution < -0.4 is 10.6 Å². The molecule has 7 nitrogen and oxygen atoms in total. The summed E-state index contributed by atoms with van der Waals surface area (Å²) in [5.74, 6) is -3.36. The van der Waals surface area contributed by atoms with E-state index in [4.69, 9.17) is 0 Å². The van der Waals surface area contributed by atoms with Gasteiger partial charge in [-0.2, -0.15) is 4.99 Å². The van der Waals surface area contributed by atoms with Gasteiger partial charge in [-0.1, -0.05) is 17.8 Å². The Morgan fingerprint density at radius 2 is 1.75 bits per heavy atom. The molecule has 32 heavy (non-hydrogen) atoms. The van der Waals surface area contributed by atoms with Crippen molar-refractivity contribution in [2.24, 2.45) is 4.99 Å². The molecule has 2 N–H and O–H groups in total. The maximum atomic E-state index is 13.3. The fourth-order valence-corrected chi connectivity index (χ4v) is 4.23. The zero-order valence-corrected chi connectivity index (χ0v) is 18.3. The summed E-state index contributed by atoms with van der Waals surface area (Å²) in [5.41, 5.74) is 0.684. The maximum absolute atomic E-state index is 13.3. The normalized spacial score (nSPS) is 15.3. The molecular formula is C22H22F2N4O3S. The molecule has 2 aromatic rings. The first-order chi connectivity index (χ1) is 15.3. The zero-order valence-electron chi connectivity index (χ0n) is 17.5. The monoisotopic (exact) mass is 460 g/mol. The SMILES string of the molecule is CCN(CC)C1=NC(=O)C(CC(=O)Nc2cccc(C(=O)Nc3ccc(F)c(F)c3)c2)S1. The van der Waals surface area contributed by atoms with Gasteiger partial charge in [0.25, 0.3) is 11.8 Å². The summed E-state index contributed by atoms with van der Waals surface area (Å²) in [6.45, 7) is 5.36. The number of benzene rings is 2. The third kappa shape index (κ3) is 5.70. The number of halogens is 2. The smallest absolute Gasteiger partial charge is 0.262 e. The van der Waals surface area contributed by atoms with Gasteiger partial charge in [0.1, 0.15) is 5.25 Å². The number of hydrogen-bond donors (Lipinski definition) is 2. The van der Waals surface area contributed by atoms with Gasteiger partial charge in [-0.05, 0) is 44.2 Å². The summed E-state index contributed by atoms with van der Waals surface area (Å²) in [5, 5.41) is 5.18. The van der Waals surface area contributed by atoms with Crippen molar-refractivity contribution in [1.82, 2.24) is 4.90 Å². The highest BCUT2D eigenvalue weighted by molar-refractivity contribution is 8.15. The Morgan fingerprint density at radius 3 is 2.44 bits per heavy atom. The Bertz CT molecular complexity index is 1070. The molecule has 0 spiro atoms. The number of amidine groups is 1. The fourth-order valence-electron chi connectivity index (χ4n) is 3.03. The second-order valence-corrected chi connectivity index (χ2v) is 8.10. The predicted molar refractivity (Wildman–Crippen MR) is 121 cm³/mol. The average molecular weight is 461 g/mol.